The van der Waals surface area contributed by atoms with Crippen LogP contribution in [0.15, 0.2) is 42.7 Å². The summed E-state index contributed by atoms with van der Waals surface area (Å²) in [5.41, 5.74) is 2.04. The van der Waals surface area contributed by atoms with E-state index in [4.69, 9.17) is 0 Å². The van der Waals surface area contributed by atoms with E-state index in [-0.39, 0.29) is 36.8 Å². The van der Waals surface area contributed by atoms with Crippen molar-refractivity contribution < 1.29 is 27.6 Å². The number of carbonyl (C=O) groups is 3. The molecule has 4 aromatic rings. The number of benzene rings is 1. The number of pyridine rings is 1. The molecule has 0 radical (unpaired) electrons. The molecular formula is C29H28F3N7O3. The number of nitrogens with zero attached hydrogens (tertiary/aromatic N) is 6. The SMILES string of the molecule is CC(=O)c1nn(CC(=O)N2C[C@H](F)C[C@H]2C(=O)Nc2nc(C(C)(F)F)ccc2C)c2ccc(-c3cnc(C)nc3)cc12. The van der Waals surface area contributed by atoms with Gasteiger partial charge in [0.15, 0.2) is 5.78 Å². The molecule has 13 heteroatoms. The number of rotatable bonds is 7. The fraction of sp³-hybridized carbons (Fsp3) is 0.345. The van der Waals surface area contributed by atoms with E-state index >= 15 is 0 Å². The van der Waals surface area contributed by atoms with Gasteiger partial charge in [0.1, 0.15) is 41.8 Å². The second kappa shape index (κ2) is 11.0. The molecule has 1 aliphatic heterocycles. The highest BCUT2D eigenvalue weighted by molar-refractivity contribution is 6.06. The van der Waals surface area contributed by atoms with Gasteiger partial charge in [-0.15, -0.1) is 0 Å². The Labute approximate surface area is 239 Å². The van der Waals surface area contributed by atoms with E-state index in [9.17, 15) is 27.6 Å². The first-order valence-electron chi connectivity index (χ1n) is 13.2. The number of fused-ring (bicyclic) bond motifs is 1. The third-order valence-corrected chi connectivity index (χ3v) is 7.14. The lowest BCUT2D eigenvalue weighted by atomic mass is 10.0. The number of halogens is 3. The first-order chi connectivity index (χ1) is 19.8. The molecule has 0 aliphatic carbocycles. The molecule has 10 nitrogen and oxygen atoms in total. The van der Waals surface area contributed by atoms with Crippen LogP contribution in [-0.2, 0) is 22.1 Å². The molecule has 1 fully saturated rings. The Bertz CT molecular complexity index is 1700. The van der Waals surface area contributed by atoms with Gasteiger partial charge in [0.2, 0.25) is 11.8 Å². The van der Waals surface area contributed by atoms with Crippen molar-refractivity contribution >= 4 is 34.3 Å². The summed E-state index contributed by atoms with van der Waals surface area (Å²) in [7, 11) is 0. The van der Waals surface area contributed by atoms with Crippen LogP contribution in [0.25, 0.3) is 22.0 Å². The van der Waals surface area contributed by atoms with E-state index in [0.29, 0.717) is 29.2 Å². The van der Waals surface area contributed by atoms with E-state index in [0.717, 1.165) is 22.1 Å². The summed E-state index contributed by atoms with van der Waals surface area (Å²) in [4.78, 5) is 52.4. The number of anilines is 1. The molecule has 42 heavy (non-hydrogen) atoms. The number of aromatic nitrogens is 5. The van der Waals surface area contributed by atoms with Crippen molar-refractivity contribution in [1.82, 2.24) is 29.6 Å². The van der Waals surface area contributed by atoms with Gasteiger partial charge in [-0.2, -0.15) is 13.9 Å². The summed E-state index contributed by atoms with van der Waals surface area (Å²) >= 11 is 0. The van der Waals surface area contributed by atoms with Gasteiger partial charge in [-0.25, -0.2) is 19.3 Å². The molecule has 0 saturated carbocycles. The maximum Gasteiger partial charge on any atom is 0.287 e. The van der Waals surface area contributed by atoms with Crippen molar-refractivity contribution in [3.8, 4) is 11.1 Å². The summed E-state index contributed by atoms with van der Waals surface area (Å²) in [5, 5.41) is 7.37. The van der Waals surface area contributed by atoms with Crippen molar-refractivity contribution in [1.29, 1.82) is 0 Å². The lowest BCUT2D eigenvalue weighted by molar-refractivity contribution is -0.137. The van der Waals surface area contributed by atoms with Crippen molar-refractivity contribution in [2.24, 2.45) is 0 Å². The van der Waals surface area contributed by atoms with Gasteiger partial charge in [-0.05, 0) is 43.2 Å². The first kappa shape index (κ1) is 28.8. The average Bonchev–Trinajstić information content (AvgIpc) is 3.50. The summed E-state index contributed by atoms with van der Waals surface area (Å²) in [6, 6.07) is 6.64. The molecule has 0 bridgehead atoms. The van der Waals surface area contributed by atoms with Crippen molar-refractivity contribution in [3.05, 3.63) is 65.5 Å². The van der Waals surface area contributed by atoms with Gasteiger partial charge in [-0.3, -0.25) is 19.1 Å². The van der Waals surface area contributed by atoms with Crippen LogP contribution in [0, 0.1) is 13.8 Å². The summed E-state index contributed by atoms with van der Waals surface area (Å²) in [5.74, 6) is -4.35. The standard InChI is InChI=1S/C29H28F3N7O3/c1-15-5-8-24(29(4,31)32)35-27(15)36-28(42)23-10-20(30)13-38(23)25(41)14-39-22-7-6-18(19-11-33-17(3)34-12-19)9-21(22)26(37-39)16(2)40/h5-9,11-12,20,23H,10,13-14H2,1-4H3,(H,35,36,42)/t20-,23+/m1/s1. The topological polar surface area (TPSA) is 123 Å². The molecule has 1 N–H and O–H groups in total. The molecule has 2 amide bonds. The number of Topliss-reactive ketones (excluding diaryl/α,β-unsaturated/α-hetero) is 1. The molecule has 3 aromatic heterocycles. The third kappa shape index (κ3) is 5.71. The fourth-order valence-electron chi connectivity index (χ4n) is 4.91. The summed E-state index contributed by atoms with van der Waals surface area (Å²) < 4.78 is 43.5. The Kier molecular flexibility index (Phi) is 7.52. The Morgan fingerprint density at radius 3 is 2.45 bits per heavy atom. The molecule has 1 saturated heterocycles. The van der Waals surface area contributed by atoms with Gasteiger partial charge in [0.05, 0.1) is 12.1 Å². The zero-order chi connectivity index (χ0) is 30.3. The highest BCUT2D eigenvalue weighted by Crippen LogP contribution is 2.30. The van der Waals surface area contributed by atoms with E-state index in [1.165, 1.54) is 17.7 Å². The largest absolute Gasteiger partial charge is 0.326 e. The predicted octanol–water partition coefficient (Wildman–Crippen LogP) is 4.40. The van der Waals surface area contributed by atoms with Crippen LogP contribution in [-0.4, -0.2) is 66.0 Å². The molecule has 0 unspecified atom stereocenters. The number of amides is 2. The molecule has 1 aliphatic rings. The zero-order valence-corrected chi connectivity index (χ0v) is 23.4. The maximum atomic E-state index is 14.5. The van der Waals surface area contributed by atoms with Crippen LogP contribution in [0.5, 0.6) is 0 Å². The lowest BCUT2D eigenvalue weighted by Gasteiger charge is -2.24. The van der Waals surface area contributed by atoms with Crippen LogP contribution >= 0.6 is 0 Å². The molecule has 218 valence electrons. The summed E-state index contributed by atoms with van der Waals surface area (Å²) in [6.07, 6.45) is 1.60. The molecule has 1 aromatic carbocycles. The van der Waals surface area contributed by atoms with Crippen LogP contribution in [0.1, 0.15) is 47.8 Å². The molecule has 5 rings (SSSR count). The molecule has 4 heterocycles. The maximum absolute atomic E-state index is 14.5. The van der Waals surface area contributed by atoms with E-state index in [2.05, 4.69) is 25.4 Å². The molecule has 0 spiro atoms. The minimum absolute atomic E-state index is 0.0901. The second-order valence-electron chi connectivity index (χ2n) is 10.4. The minimum atomic E-state index is -3.23. The number of alkyl halides is 3. The Balaban J connectivity index is 1.40. The van der Waals surface area contributed by atoms with Gasteiger partial charge in [0, 0.05) is 43.6 Å². The van der Waals surface area contributed by atoms with Crippen LogP contribution < -0.4 is 5.32 Å². The van der Waals surface area contributed by atoms with Crippen molar-refractivity contribution in [2.45, 2.75) is 58.8 Å². The molecule has 2 atom stereocenters. The van der Waals surface area contributed by atoms with Gasteiger partial charge < -0.3 is 10.2 Å². The van der Waals surface area contributed by atoms with Gasteiger partial charge in [0.25, 0.3) is 5.92 Å². The van der Waals surface area contributed by atoms with E-state index < -0.39 is 35.6 Å². The number of hydrogen-bond donors (Lipinski definition) is 1. The third-order valence-electron chi connectivity index (χ3n) is 7.14. The quantitative estimate of drug-likeness (QED) is 0.322. The fourth-order valence-corrected chi connectivity index (χ4v) is 4.91. The predicted molar refractivity (Wildman–Crippen MR) is 148 cm³/mol. The Hall–Kier alpha value is -4.68. The zero-order valence-electron chi connectivity index (χ0n) is 23.4. The van der Waals surface area contributed by atoms with Gasteiger partial charge in [-0.1, -0.05) is 12.1 Å². The highest BCUT2D eigenvalue weighted by atomic mass is 19.3. The van der Waals surface area contributed by atoms with Crippen molar-refractivity contribution in [3.63, 3.8) is 0 Å². The van der Waals surface area contributed by atoms with Crippen molar-refractivity contribution in [2.75, 3.05) is 11.9 Å². The number of hydrogen-bond acceptors (Lipinski definition) is 7. The monoisotopic (exact) mass is 579 g/mol. The van der Waals surface area contributed by atoms with Crippen LogP contribution in [0.3, 0.4) is 0 Å². The lowest BCUT2D eigenvalue weighted by Crippen LogP contribution is -2.44. The average molecular weight is 580 g/mol. The number of aryl methyl sites for hydroxylation is 2. The number of likely N-dealkylation sites (tertiary alicyclic amines) is 1. The van der Waals surface area contributed by atoms with Crippen LogP contribution in [0.2, 0.25) is 0 Å². The highest BCUT2D eigenvalue weighted by Gasteiger charge is 2.40. The second-order valence-corrected chi connectivity index (χ2v) is 10.4. The number of ketones is 1. The summed E-state index contributed by atoms with van der Waals surface area (Å²) in [6.45, 7) is 4.72. The minimum Gasteiger partial charge on any atom is -0.326 e. The normalized spacial score (nSPS) is 17.1. The number of carbonyl (C=O) groups excluding carboxylic acids is 3. The Morgan fingerprint density at radius 1 is 1.07 bits per heavy atom. The Morgan fingerprint density at radius 2 is 1.79 bits per heavy atom. The van der Waals surface area contributed by atoms with Gasteiger partial charge >= 0.3 is 0 Å². The van der Waals surface area contributed by atoms with Crippen LogP contribution in [0.4, 0.5) is 19.0 Å². The van der Waals surface area contributed by atoms with E-state index in [1.807, 2.05) is 0 Å². The smallest absolute Gasteiger partial charge is 0.287 e. The first-order valence-corrected chi connectivity index (χ1v) is 13.2. The van der Waals surface area contributed by atoms with E-state index in [1.54, 1.807) is 44.4 Å². The molecular weight excluding hydrogens is 551 g/mol. The number of nitrogens with one attached hydrogen (secondary N) is 1.